The second-order valence-corrected chi connectivity index (χ2v) is 15.5. The lowest BCUT2D eigenvalue weighted by Gasteiger charge is -2.23. The van der Waals surface area contributed by atoms with Crippen LogP contribution in [-0.2, 0) is 0 Å². The number of aromatic nitrogens is 2. The molecule has 2 nitrogen and oxygen atoms in total. The molecule has 0 aliphatic carbocycles. The van der Waals surface area contributed by atoms with Crippen LogP contribution >= 0.6 is 11.3 Å². The number of para-hydroxylation sites is 3. The number of fused-ring (bicyclic) bond motifs is 6. The van der Waals surface area contributed by atoms with Crippen LogP contribution in [0.25, 0.3) is 92.1 Å². The first kappa shape index (κ1) is 32.0. The van der Waals surface area contributed by atoms with Gasteiger partial charge in [0.2, 0.25) is 0 Å². The zero-order chi connectivity index (χ0) is 36.0. The first-order valence-corrected chi connectivity index (χ1v) is 19.2. The van der Waals surface area contributed by atoms with Gasteiger partial charge < -0.3 is 0 Å². The Morgan fingerprint density at radius 3 is 1.58 bits per heavy atom. The quantitative estimate of drug-likeness (QED) is 0.202. The van der Waals surface area contributed by atoms with E-state index in [1.165, 1.54) is 96.8 Å². The molecule has 0 atom stereocenters. The van der Waals surface area contributed by atoms with Gasteiger partial charge in [0.1, 0.15) is 45.1 Å². The zero-order valence-electron chi connectivity index (χ0n) is 30.6. The van der Waals surface area contributed by atoms with E-state index >= 15 is 0 Å². The van der Waals surface area contributed by atoms with E-state index in [9.17, 15) is 0 Å². The van der Waals surface area contributed by atoms with Crippen LogP contribution in [0.15, 0.2) is 140 Å². The zero-order valence-corrected chi connectivity index (χ0v) is 31.4. The van der Waals surface area contributed by atoms with Crippen LogP contribution in [0.5, 0.6) is 0 Å². The van der Waals surface area contributed by atoms with Crippen LogP contribution in [0.2, 0.25) is 0 Å². The van der Waals surface area contributed by atoms with E-state index in [0.29, 0.717) is 0 Å². The van der Waals surface area contributed by atoms with E-state index in [0.717, 1.165) is 22.5 Å². The maximum atomic E-state index is 5.42. The van der Waals surface area contributed by atoms with E-state index in [1.54, 1.807) is 0 Å². The molecule has 244 valence electrons. The van der Waals surface area contributed by atoms with Gasteiger partial charge in [0, 0.05) is 31.3 Å². The molecule has 0 saturated heterocycles. The number of thiophene rings is 1. The van der Waals surface area contributed by atoms with Gasteiger partial charge in [-0.3, -0.25) is 4.57 Å². The van der Waals surface area contributed by atoms with Gasteiger partial charge in [0.15, 0.2) is 0 Å². The van der Waals surface area contributed by atoms with Crippen LogP contribution in [0, 0.1) is 0 Å². The average molecular weight is 688 g/mol. The van der Waals surface area contributed by atoms with Crippen molar-refractivity contribution in [2.75, 3.05) is 0 Å². The Kier molecular flexibility index (Phi) is 7.35. The second kappa shape index (κ2) is 12.2. The van der Waals surface area contributed by atoms with E-state index in [-0.39, 0.29) is 0 Å². The molecule has 0 N–H and O–H groups in total. The molecule has 0 aliphatic rings. The SMILES string of the molecule is Bc1c(B)c(B)c(-c2nc3ccccc3n2-c2ccccc2-c2c3ccccc3c(-c3cccc4sc5ccccc5c34)c3ccccc23)c(B)c1B. The van der Waals surface area contributed by atoms with E-state index in [1.807, 2.05) is 11.3 Å². The summed E-state index contributed by atoms with van der Waals surface area (Å²) in [6.07, 6.45) is 0. The fourth-order valence-electron chi connectivity index (χ4n) is 8.84. The van der Waals surface area contributed by atoms with Gasteiger partial charge in [-0.05, 0) is 68.6 Å². The van der Waals surface area contributed by atoms with Gasteiger partial charge in [-0.25, -0.2) is 4.98 Å². The van der Waals surface area contributed by atoms with Gasteiger partial charge in [0.25, 0.3) is 0 Å². The molecular formula is C45H33B5N2S. The van der Waals surface area contributed by atoms with Crippen LogP contribution in [0.4, 0.5) is 0 Å². The molecule has 8 aromatic carbocycles. The Morgan fingerprint density at radius 2 is 0.906 bits per heavy atom. The lowest BCUT2D eigenvalue weighted by molar-refractivity contribution is 1.11. The number of hydrogen-bond donors (Lipinski definition) is 0. The number of hydrogen-bond acceptors (Lipinski definition) is 2. The summed E-state index contributed by atoms with van der Waals surface area (Å²) >= 11 is 1.88. The molecule has 10 rings (SSSR count). The molecule has 10 aromatic rings. The molecule has 2 heterocycles. The minimum Gasteiger partial charge on any atom is -0.292 e. The Morgan fingerprint density at radius 1 is 0.415 bits per heavy atom. The summed E-state index contributed by atoms with van der Waals surface area (Å²) in [5.74, 6) is 0.987. The van der Waals surface area contributed by atoms with Gasteiger partial charge in [-0.15, -0.1) is 27.7 Å². The molecule has 0 bridgehead atoms. The van der Waals surface area contributed by atoms with E-state index in [2.05, 4.69) is 183 Å². The summed E-state index contributed by atoms with van der Waals surface area (Å²) in [5.41, 5.74) is 16.0. The van der Waals surface area contributed by atoms with Crippen LogP contribution in [0.3, 0.4) is 0 Å². The van der Waals surface area contributed by atoms with Crippen molar-refractivity contribution in [3.8, 4) is 39.3 Å². The highest BCUT2D eigenvalue weighted by Gasteiger charge is 2.25. The molecule has 0 amide bonds. The number of nitrogens with zero attached hydrogens (tertiary/aromatic N) is 2. The molecule has 8 heteroatoms. The number of benzene rings is 8. The fourth-order valence-corrected chi connectivity index (χ4v) is 9.98. The Balaban J connectivity index is 1.33. The second-order valence-electron chi connectivity index (χ2n) is 14.4. The van der Waals surface area contributed by atoms with Gasteiger partial charge in [-0.1, -0.05) is 120 Å². The molecular weight excluding hydrogens is 655 g/mol. The Bertz CT molecular complexity index is 3060. The van der Waals surface area contributed by atoms with Crippen molar-refractivity contribution in [1.29, 1.82) is 0 Å². The van der Waals surface area contributed by atoms with Crippen LogP contribution in [0.1, 0.15) is 0 Å². The molecule has 0 aliphatic heterocycles. The molecule has 0 fully saturated rings. The summed E-state index contributed by atoms with van der Waals surface area (Å²) in [5, 5.41) is 7.64. The molecule has 2 aromatic heterocycles. The first-order chi connectivity index (χ1) is 25.9. The van der Waals surface area contributed by atoms with Gasteiger partial charge in [0.05, 0.1) is 16.7 Å². The van der Waals surface area contributed by atoms with Crippen LogP contribution in [-0.4, -0.2) is 48.8 Å². The molecule has 0 spiro atoms. The van der Waals surface area contributed by atoms with Crippen LogP contribution < -0.4 is 27.3 Å². The van der Waals surface area contributed by atoms with Gasteiger partial charge >= 0.3 is 0 Å². The minimum absolute atomic E-state index is 0.987. The third-order valence-corrected chi connectivity index (χ3v) is 12.9. The Hall–Kier alpha value is -5.71. The molecule has 0 unspecified atom stereocenters. The van der Waals surface area contributed by atoms with Crippen molar-refractivity contribution >= 4 is 131 Å². The minimum atomic E-state index is 0.987. The predicted octanol–water partition coefficient (Wildman–Crippen LogP) is 3.99. The fraction of sp³-hybridized carbons (Fsp3) is 0. The van der Waals surface area contributed by atoms with Crippen molar-refractivity contribution in [3.05, 3.63) is 140 Å². The maximum Gasteiger partial charge on any atom is 0.144 e. The summed E-state index contributed by atoms with van der Waals surface area (Å²) in [7, 11) is 11.3. The molecule has 0 saturated carbocycles. The summed E-state index contributed by atoms with van der Waals surface area (Å²) < 4.78 is 5.06. The molecule has 0 radical (unpaired) electrons. The third kappa shape index (κ3) is 4.68. The largest absolute Gasteiger partial charge is 0.292 e. The highest BCUT2D eigenvalue weighted by Crippen LogP contribution is 2.48. The van der Waals surface area contributed by atoms with E-state index < -0.39 is 0 Å². The van der Waals surface area contributed by atoms with Crippen molar-refractivity contribution in [2.45, 2.75) is 0 Å². The third-order valence-electron chi connectivity index (χ3n) is 11.8. The average Bonchev–Trinajstić information content (AvgIpc) is 3.77. The van der Waals surface area contributed by atoms with Crippen molar-refractivity contribution in [2.24, 2.45) is 0 Å². The Labute approximate surface area is 317 Å². The normalized spacial score (nSPS) is 11.8. The van der Waals surface area contributed by atoms with E-state index in [4.69, 9.17) is 4.98 Å². The highest BCUT2D eigenvalue weighted by atomic mass is 32.1. The lowest BCUT2D eigenvalue weighted by Crippen LogP contribution is -2.55. The lowest BCUT2D eigenvalue weighted by atomic mass is 9.60. The summed E-state index contributed by atoms with van der Waals surface area (Å²) in [6.45, 7) is 0. The topological polar surface area (TPSA) is 17.8 Å². The first-order valence-electron chi connectivity index (χ1n) is 18.4. The monoisotopic (exact) mass is 688 g/mol. The van der Waals surface area contributed by atoms with Crippen molar-refractivity contribution < 1.29 is 0 Å². The summed E-state index contributed by atoms with van der Waals surface area (Å²) in [6, 6.07) is 51.2. The smallest absolute Gasteiger partial charge is 0.144 e. The standard InChI is InChI=1S/C45H33B5N2S/c46-40-39(41(47)43(49)44(50)42(40)48)45-51-31-19-7-9-21-33(31)52(45)32-20-8-5-16-28(32)36-24-12-1-3-14-26(24)37(27-15-4-2-13-25(27)36)30-18-11-23-35-38(30)29-17-6-10-22-34(29)53-35/h1-23H,46-50H2. The molecule has 53 heavy (non-hydrogen) atoms. The van der Waals surface area contributed by atoms with Crippen molar-refractivity contribution in [1.82, 2.24) is 9.55 Å². The highest BCUT2D eigenvalue weighted by molar-refractivity contribution is 7.26. The van der Waals surface area contributed by atoms with Crippen molar-refractivity contribution in [3.63, 3.8) is 0 Å². The van der Waals surface area contributed by atoms with Gasteiger partial charge in [-0.2, -0.15) is 0 Å². The number of imidazole rings is 1. The number of rotatable bonds is 4. The summed E-state index contributed by atoms with van der Waals surface area (Å²) in [4.78, 5) is 5.42. The predicted molar refractivity (Wildman–Crippen MR) is 246 cm³/mol. The maximum absolute atomic E-state index is 5.42.